The predicted octanol–water partition coefficient (Wildman–Crippen LogP) is 3.63. The molecule has 0 unspecified atom stereocenters. The molecule has 2 aromatic carbocycles. The van der Waals surface area contributed by atoms with Crippen LogP contribution in [-0.2, 0) is 11.3 Å². The number of methoxy groups -OCH3 is 2. The van der Waals surface area contributed by atoms with Crippen molar-refractivity contribution in [2.45, 2.75) is 51.6 Å². The van der Waals surface area contributed by atoms with Crippen LogP contribution in [0.15, 0.2) is 46.0 Å². The standard InChI is InChI=1S/C25H29N3O5/c1-16-9-7-8-12-19(16)26-23(29)15-27-20-14-22(33-3)21(32-2)13-18(20)24(30)28(25(27)31)17-10-5-4-6-11-17/h7-9,12-14,17H,4-6,10-11,15H2,1-3H3,(H,26,29). The van der Waals surface area contributed by atoms with E-state index < -0.39 is 5.69 Å². The van der Waals surface area contributed by atoms with Gasteiger partial charge in [-0.05, 0) is 37.5 Å². The van der Waals surface area contributed by atoms with Gasteiger partial charge in [-0.2, -0.15) is 0 Å². The largest absolute Gasteiger partial charge is 0.493 e. The maximum atomic E-state index is 13.6. The number of aromatic nitrogens is 2. The summed E-state index contributed by atoms with van der Waals surface area (Å²) in [7, 11) is 2.98. The molecule has 1 aliphatic carbocycles. The number of ether oxygens (including phenoxy) is 2. The van der Waals surface area contributed by atoms with E-state index in [2.05, 4.69) is 5.32 Å². The summed E-state index contributed by atoms with van der Waals surface area (Å²) >= 11 is 0. The van der Waals surface area contributed by atoms with Gasteiger partial charge in [0.25, 0.3) is 5.56 Å². The van der Waals surface area contributed by atoms with E-state index in [9.17, 15) is 14.4 Å². The number of aryl methyl sites for hydroxylation is 1. The number of nitrogens with zero attached hydrogens (tertiary/aromatic N) is 2. The van der Waals surface area contributed by atoms with Crippen LogP contribution in [-0.4, -0.2) is 29.3 Å². The van der Waals surface area contributed by atoms with Gasteiger partial charge < -0.3 is 14.8 Å². The third-order valence-electron chi connectivity index (χ3n) is 6.34. The van der Waals surface area contributed by atoms with E-state index in [0.717, 1.165) is 37.7 Å². The zero-order chi connectivity index (χ0) is 23.5. The van der Waals surface area contributed by atoms with E-state index in [1.807, 2.05) is 31.2 Å². The van der Waals surface area contributed by atoms with E-state index in [4.69, 9.17) is 9.47 Å². The molecule has 1 N–H and O–H groups in total. The van der Waals surface area contributed by atoms with Crippen LogP contribution >= 0.6 is 0 Å². The summed E-state index contributed by atoms with van der Waals surface area (Å²) in [6.45, 7) is 1.67. The van der Waals surface area contributed by atoms with Gasteiger partial charge in [-0.1, -0.05) is 37.5 Å². The number of carbonyl (C=O) groups is 1. The SMILES string of the molecule is COc1cc2c(=O)n(C3CCCCC3)c(=O)n(CC(=O)Nc3ccccc3C)c2cc1OC. The van der Waals surface area contributed by atoms with Gasteiger partial charge in [0.05, 0.1) is 25.1 Å². The molecule has 8 heteroatoms. The summed E-state index contributed by atoms with van der Waals surface area (Å²) < 4.78 is 13.5. The van der Waals surface area contributed by atoms with E-state index in [1.165, 1.54) is 23.4 Å². The minimum absolute atomic E-state index is 0.179. The fourth-order valence-corrected chi connectivity index (χ4v) is 4.57. The van der Waals surface area contributed by atoms with Crippen molar-refractivity contribution in [2.75, 3.05) is 19.5 Å². The third kappa shape index (κ3) is 4.37. The molecular weight excluding hydrogens is 422 g/mol. The first-order chi connectivity index (χ1) is 15.9. The Morgan fingerprint density at radius 1 is 1.03 bits per heavy atom. The molecular formula is C25H29N3O5. The topological polar surface area (TPSA) is 91.6 Å². The Bertz CT molecular complexity index is 1300. The van der Waals surface area contributed by atoms with Crippen LogP contribution in [0.4, 0.5) is 5.69 Å². The highest BCUT2D eigenvalue weighted by atomic mass is 16.5. The van der Waals surface area contributed by atoms with Gasteiger partial charge >= 0.3 is 5.69 Å². The van der Waals surface area contributed by atoms with Gasteiger partial charge in [0.15, 0.2) is 11.5 Å². The normalized spacial score (nSPS) is 14.3. The average Bonchev–Trinajstić information content (AvgIpc) is 2.83. The summed E-state index contributed by atoms with van der Waals surface area (Å²) in [4.78, 5) is 40.0. The Balaban J connectivity index is 1.87. The van der Waals surface area contributed by atoms with Crippen molar-refractivity contribution in [3.63, 3.8) is 0 Å². The van der Waals surface area contributed by atoms with Crippen molar-refractivity contribution >= 4 is 22.5 Å². The molecule has 0 spiro atoms. The number of benzene rings is 2. The van der Waals surface area contributed by atoms with Crippen molar-refractivity contribution < 1.29 is 14.3 Å². The van der Waals surface area contributed by atoms with Crippen LogP contribution in [0.5, 0.6) is 11.5 Å². The van der Waals surface area contributed by atoms with Gasteiger partial charge in [0.1, 0.15) is 6.54 Å². The number of para-hydroxylation sites is 1. The Labute approximate surface area is 191 Å². The monoisotopic (exact) mass is 451 g/mol. The number of fused-ring (bicyclic) bond motifs is 1. The van der Waals surface area contributed by atoms with E-state index in [1.54, 1.807) is 12.1 Å². The molecule has 4 rings (SSSR count). The lowest BCUT2D eigenvalue weighted by Crippen LogP contribution is -2.44. The van der Waals surface area contributed by atoms with E-state index in [0.29, 0.717) is 28.1 Å². The lowest BCUT2D eigenvalue weighted by Gasteiger charge is -2.25. The molecule has 1 saturated carbocycles. The summed E-state index contributed by atoms with van der Waals surface area (Å²) in [6, 6.07) is 10.4. The lowest BCUT2D eigenvalue weighted by atomic mass is 9.95. The number of rotatable bonds is 6. The van der Waals surface area contributed by atoms with Crippen molar-refractivity contribution in [3.8, 4) is 11.5 Å². The highest BCUT2D eigenvalue weighted by Gasteiger charge is 2.24. The van der Waals surface area contributed by atoms with Crippen LogP contribution < -0.4 is 26.0 Å². The van der Waals surface area contributed by atoms with Crippen LogP contribution in [0.25, 0.3) is 10.9 Å². The molecule has 1 aromatic heterocycles. The minimum atomic E-state index is -0.480. The Hall–Kier alpha value is -3.55. The second kappa shape index (κ2) is 9.52. The Morgan fingerprint density at radius 2 is 1.70 bits per heavy atom. The van der Waals surface area contributed by atoms with Gasteiger partial charge in [-0.3, -0.25) is 18.7 Å². The molecule has 174 valence electrons. The quantitative estimate of drug-likeness (QED) is 0.618. The smallest absolute Gasteiger partial charge is 0.332 e. The number of amides is 1. The van der Waals surface area contributed by atoms with Crippen molar-refractivity contribution in [3.05, 3.63) is 62.8 Å². The number of nitrogens with one attached hydrogen (secondary N) is 1. The first-order valence-corrected chi connectivity index (χ1v) is 11.2. The summed E-state index contributed by atoms with van der Waals surface area (Å²) in [5.41, 5.74) is 1.10. The van der Waals surface area contributed by atoms with Gasteiger partial charge in [0, 0.05) is 17.8 Å². The molecule has 1 fully saturated rings. The molecule has 33 heavy (non-hydrogen) atoms. The van der Waals surface area contributed by atoms with E-state index >= 15 is 0 Å². The number of hydrogen-bond acceptors (Lipinski definition) is 5. The summed E-state index contributed by atoms with van der Waals surface area (Å²) in [5, 5.41) is 3.19. The maximum absolute atomic E-state index is 13.6. The second-order valence-electron chi connectivity index (χ2n) is 8.42. The zero-order valence-corrected chi connectivity index (χ0v) is 19.2. The van der Waals surface area contributed by atoms with Crippen LogP contribution in [0.1, 0.15) is 43.7 Å². The van der Waals surface area contributed by atoms with Gasteiger partial charge in [-0.25, -0.2) is 4.79 Å². The molecule has 0 bridgehead atoms. The van der Waals surface area contributed by atoms with Crippen LogP contribution in [0, 0.1) is 6.92 Å². The van der Waals surface area contributed by atoms with Crippen molar-refractivity contribution in [2.24, 2.45) is 0 Å². The second-order valence-corrected chi connectivity index (χ2v) is 8.42. The third-order valence-corrected chi connectivity index (χ3v) is 6.34. The minimum Gasteiger partial charge on any atom is -0.493 e. The molecule has 1 heterocycles. The number of hydrogen-bond donors (Lipinski definition) is 1. The number of carbonyl (C=O) groups excluding carboxylic acids is 1. The Morgan fingerprint density at radius 3 is 2.36 bits per heavy atom. The predicted molar refractivity (Wildman–Crippen MR) is 128 cm³/mol. The summed E-state index contributed by atoms with van der Waals surface area (Å²) in [5.74, 6) is 0.426. The highest BCUT2D eigenvalue weighted by molar-refractivity contribution is 5.92. The van der Waals surface area contributed by atoms with Gasteiger partial charge in [-0.15, -0.1) is 0 Å². The fourth-order valence-electron chi connectivity index (χ4n) is 4.57. The van der Waals surface area contributed by atoms with Crippen LogP contribution in [0.2, 0.25) is 0 Å². The fraction of sp³-hybridized carbons (Fsp3) is 0.400. The first kappa shape index (κ1) is 22.6. The molecule has 0 radical (unpaired) electrons. The zero-order valence-electron chi connectivity index (χ0n) is 19.2. The Kier molecular flexibility index (Phi) is 6.53. The van der Waals surface area contributed by atoms with E-state index in [-0.39, 0.29) is 24.1 Å². The molecule has 3 aromatic rings. The van der Waals surface area contributed by atoms with Crippen LogP contribution in [0.3, 0.4) is 0 Å². The first-order valence-electron chi connectivity index (χ1n) is 11.2. The molecule has 1 aliphatic rings. The van der Waals surface area contributed by atoms with Crippen molar-refractivity contribution in [1.82, 2.24) is 9.13 Å². The molecule has 0 atom stereocenters. The maximum Gasteiger partial charge on any atom is 0.332 e. The van der Waals surface area contributed by atoms with Gasteiger partial charge in [0.2, 0.25) is 5.91 Å². The number of anilines is 1. The molecule has 8 nitrogen and oxygen atoms in total. The summed E-state index contributed by atoms with van der Waals surface area (Å²) in [6.07, 6.45) is 4.56. The molecule has 0 aliphatic heterocycles. The molecule has 1 amide bonds. The average molecular weight is 452 g/mol. The van der Waals surface area contributed by atoms with Crippen molar-refractivity contribution in [1.29, 1.82) is 0 Å². The highest BCUT2D eigenvalue weighted by Crippen LogP contribution is 2.31. The lowest BCUT2D eigenvalue weighted by molar-refractivity contribution is -0.116. The molecule has 0 saturated heterocycles.